The minimum absolute atomic E-state index is 0.0419. The number of aromatic nitrogens is 2. The van der Waals surface area contributed by atoms with E-state index < -0.39 is 0 Å². The molecule has 3 aliphatic rings. The Balaban J connectivity index is 1.11. The molecule has 2 saturated carbocycles. The Morgan fingerprint density at radius 3 is 2.58 bits per heavy atom. The predicted molar refractivity (Wildman–Crippen MR) is 142 cm³/mol. The van der Waals surface area contributed by atoms with E-state index in [2.05, 4.69) is 46.3 Å². The molecular weight excluding hydrogens is 450 g/mol. The van der Waals surface area contributed by atoms with Gasteiger partial charge in [-0.25, -0.2) is 9.97 Å². The molecule has 1 aromatic carbocycles. The van der Waals surface area contributed by atoms with Crippen molar-refractivity contribution in [1.29, 1.82) is 0 Å². The van der Waals surface area contributed by atoms with Crippen LogP contribution in [0.4, 0.5) is 11.6 Å². The molecule has 1 aliphatic heterocycles. The number of hydrogen-bond donors (Lipinski definition) is 2. The van der Waals surface area contributed by atoms with Gasteiger partial charge in [-0.1, -0.05) is 27.2 Å². The molecule has 2 aliphatic carbocycles. The molecular formula is C29H41N5O2. The Morgan fingerprint density at radius 2 is 1.89 bits per heavy atom. The average Bonchev–Trinajstić information content (AvgIpc) is 3.20. The zero-order valence-corrected chi connectivity index (χ0v) is 22.1. The average molecular weight is 492 g/mol. The highest BCUT2D eigenvalue weighted by molar-refractivity contribution is 5.78. The third-order valence-electron chi connectivity index (χ3n) is 9.42. The normalized spacial score (nSPS) is 27.1. The van der Waals surface area contributed by atoms with E-state index in [9.17, 15) is 4.79 Å². The van der Waals surface area contributed by atoms with Gasteiger partial charge in [-0.2, -0.15) is 0 Å². The summed E-state index contributed by atoms with van der Waals surface area (Å²) in [5.74, 6) is 2.10. The lowest BCUT2D eigenvalue weighted by atomic mass is 9.69. The number of benzene rings is 1. The minimum Gasteiger partial charge on any atom is -0.492 e. The Bertz CT molecular complexity index is 1050. The molecule has 7 nitrogen and oxygen atoms in total. The number of hydrogen-bond acceptors (Lipinski definition) is 6. The highest BCUT2D eigenvalue weighted by atomic mass is 16.5. The molecule has 3 fully saturated rings. The van der Waals surface area contributed by atoms with E-state index in [0.717, 1.165) is 30.1 Å². The molecule has 2 heterocycles. The van der Waals surface area contributed by atoms with E-state index >= 15 is 0 Å². The van der Waals surface area contributed by atoms with E-state index in [1.165, 1.54) is 45.2 Å². The van der Waals surface area contributed by atoms with Crippen molar-refractivity contribution < 1.29 is 9.53 Å². The quantitative estimate of drug-likeness (QED) is 0.516. The molecule has 1 amide bonds. The Morgan fingerprint density at radius 1 is 1.11 bits per heavy atom. The summed E-state index contributed by atoms with van der Waals surface area (Å²) in [5.41, 5.74) is 2.06. The summed E-state index contributed by atoms with van der Waals surface area (Å²) in [7, 11) is 0. The number of amides is 1. The van der Waals surface area contributed by atoms with Gasteiger partial charge < -0.3 is 15.4 Å². The zero-order valence-electron chi connectivity index (χ0n) is 22.1. The number of carbonyl (C=O) groups excluding carboxylic acids is 1. The van der Waals surface area contributed by atoms with Crippen molar-refractivity contribution in [2.24, 2.45) is 16.7 Å². The second kappa shape index (κ2) is 10.4. The van der Waals surface area contributed by atoms with Gasteiger partial charge in [0, 0.05) is 24.5 Å². The third kappa shape index (κ3) is 5.22. The first-order valence-electron chi connectivity index (χ1n) is 13.7. The zero-order chi connectivity index (χ0) is 25.2. The van der Waals surface area contributed by atoms with Gasteiger partial charge >= 0.3 is 0 Å². The van der Waals surface area contributed by atoms with Crippen molar-refractivity contribution >= 4 is 17.5 Å². The number of ether oxygens (including phenoxy) is 1. The fraction of sp³-hybridized carbons (Fsp3) is 0.621. The maximum absolute atomic E-state index is 12.9. The van der Waals surface area contributed by atoms with E-state index in [1.54, 1.807) is 6.20 Å². The molecule has 194 valence electrons. The van der Waals surface area contributed by atoms with Crippen molar-refractivity contribution in [3.63, 3.8) is 0 Å². The van der Waals surface area contributed by atoms with Crippen molar-refractivity contribution in [2.75, 3.05) is 31.6 Å². The molecule has 5 rings (SSSR count). The molecule has 36 heavy (non-hydrogen) atoms. The molecule has 0 spiro atoms. The van der Waals surface area contributed by atoms with Crippen LogP contribution in [0.2, 0.25) is 0 Å². The lowest BCUT2D eigenvalue weighted by Gasteiger charge is -2.39. The smallest absolute Gasteiger partial charge is 0.227 e. The molecule has 3 atom stereocenters. The summed E-state index contributed by atoms with van der Waals surface area (Å²) < 4.78 is 5.92. The van der Waals surface area contributed by atoms with Gasteiger partial charge in [0.2, 0.25) is 11.9 Å². The molecule has 3 unspecified atom stereocenters. The molecule has 1 saturated heterocycles. The standard InChI is InChI=1S/C29H41N5O2/c1-28(2)21-11-13-29(28,3)25(19-21)33-26(35)20-23-12-14-30-27(32-23)31-22-7-9-24(10-8-22)36-18-17-34-15-5-4-6-16-34/h7-10,12,14,21,25H,4-6,11,13,15-20H2,1-3H3,(H,33,35)(H,30,31,32). The summed E-state index contributed by atoms with van der Waals surface area (Å²) in [4.78, 5) is 24.3. The number of piperidine rings is 1. The summed E-state index contributed by atoms with van der Waals surface area (Å²) in [6.07, 6.45) is 9.48. The van der Waals surface area contributed by atoms with Crippen LogP contribution in [-0.2, 0) is 11.2 Å². The van der Waals surface area contributed by atoms with Crippen LogP contribution in [0.5, 0.6) is 5.75 Å². The molecule has 2 aromatic rings. The summed E-state index contributed by atoms with van der Waals surface area (Å²) in [6, 6.07) is 9.93. The van der Waals surface area contributed by atoms with Crippen molar-refractivity contribution in [3.05, 3.63) is 42.2 Å². The first kappa shape index (κ1) is 25.0. The Hall–Kier alpha value is -2.67. The van der Waals surface area contributed by atoms with E-state index in [4.69, 9.17) is 4.74 Å². The topological polar surface area (TPSA) is 79.4 Å². The van der Waals surface area contributed by atoms with Gasteiger partial charge in [-0.15, -0.1) is 0 Å². The summed E-state index contributed by atoms with van der Waals surface area (Å²) in [6.45, 7) is 11.1. The monoisotopic (exact) mass is 491 g/mol. The van der Waals surface area contributed by atoms with Gasteiger partial charge in [-0.05, 0) is 92.3 Å². The molecule has 2 bridgehead atoms. The Kier molecular flexibility index (Phi) is 7.20. The fourth-order valence-electron chi connectivity index (χ4n) is 6.63. The molecule has 1 aromatic heterocycles. The number of anilines is 2. The van der Waals surface area contributed by atoms with Crippen molar-refractivity contribution in [1.82, 2.24) is 20.2 Å². The lowest BCUT2D eigenvalue weighted by molar-refractivity contribution is -0.122. The SMILES string of the molecule is CC1(C)C2CCC1(C)C(NC(=O)Cc1ccnc(Nc3ccc(OCCN4CCCCC4)cc3)n1)C2. The van der Waals surface area contributed by atoms with E-state index in [-0.39, 0.29) is 29.2 Å². The maximum atomic E-state index is 12.9. The second-order valence-corrected chi connectivity index (χ2v) is 11.7. The van der Waals surface area contributed by atoms with Crippen molar-refractivity contribution in [2.45, 2.75) is 71.8 Å². The highest BCUT2D eigenvalue weighted by Crippen LogP contribution is 2.65. The van der Waals surface area contributed by atoms with Gasteiger partial charge in [-0.3, -0.25) is 9.69 Å². The Labute approximate surface area is 215 Å². The maximum Gasteiger partial charge on any atom is 0.227 e. The molecule has 2 N–H and O–H groups in total. The number of rotatable bonds is 9. The number of likely N-dealkylation sites (tertiary alicyclic amines) is 1. The minimum atomic E-state index is 0.0419. The van der Waals surface area contributed by atoms with Crippen LogP contribution in [0.3, 0.4) is 0 Å². The summed E-state index contributed by atoms with van der Waals surface area (Å²) in [5, 5.41) is 6.58. The highest BCUT2D eigenvalue weighted by Gasteiger charge is 2.61. The van der Waals surface area contributed by atoms with Crippen LogP contribution >= 0.6 is 0 Å². The number of fused-ring (bicyclic) bond motifs is 2. The number of nitrogens with one attached hydrogen (secondary N) is 2. The number of nitrogens with zero attached hydrogens (tertiary/aromatic N) is 3. The van der Waals surface area contributed by atoms with Gasteiger partial charge in [0.1, 0.15) is 12.4 Å². The number of carbonyl (C=O) groups is 1. The third-order valence-corrected chi connectivity index (χ3v) is 9.42. The van der Waals surface area contributed by atoms with Gasteiger partial charge in [0.15, 0.2) is 0 Å². The van der Waals surface area contributed by atoms with E-state index in [0.29, 0.717) is 18.5 Å². The van der Waals surface area contributed by atoms with Crippen LogP contribution in [0, 0.1) is 16.7 Å². The summed E-state index contributed by atoms with van der Waals surface area (Å²) >= 11 is 0. The van der Waals surface area contributed by atoms with Crippen molar-refractivity contribution in [3.8, 4) is 5.75 Å². The van der Waals surface area contributed by atoms with E-state index in [1.807, 2.05) is 30.3 Å². The first-order chi connectivity index (χ1) is 17.3. The van der Waals surface area contributed by atoms with Crippen LogP contribution < -0.4 is 15.4 Å². The largest absolute Gasteiger partial charge is 0.492 e. The fourth-order valence-corrected chi connectivity index (χ4v) is 6.63. The lowest BCUT2D eigenvalue weighted by Crippen LogP contribution is -2.47. The van der Waals surface area contributed by atoms with Crippen LogP contribution in [0.25, 0.3) is 0 Å². The predicted octanol–water partition coefficient (Wildman–Crippen LogP) is 4.96. The molecule has 0 radical (unpaired) electrons. The van der Waals surface area contributed by atoms with Gasteiger partial charge in [0.25, 0.3) is 0 Å². The van der Waals surface area contributed by atoms with Crippen LogP contribution in [0.1, 0.15) is 65.0 Å². The molecule has 7 heteroatoms. The second-order valence-electron chi connectivity index (χ2n) is 11.7. The van der Waals surface area contributed by atoms with Gasteiger partial charge in [0.05, 0.1) is 12.1 Å². The van der Waals surface area contributed by atoms with Crippen LogP contribution in [-0.4, -0.2) is 53.1 Å². The van der Waals surface area contributed by atoms with Crippen LogP contribution in [0.15, 0.2) is 36.5 Å². The first-order valence-corrected chi connectivity index (χ1v) is 13.7.